The highest BCUT2D eigenvalue weighted by atomic mass is 16.5. The van der Waals surface area contributed by atoms with Gasteiger partial charge in [-0.15, -0.1) is 0 Å². The van der Waals surface area contributed by atoms with Gasteiger partial charge in [-0.2, -0.15) is 0 Å². The molecule has 0 aromatic heterocycles. The number of anilines is 4. The van der Waals surface area contributed by atoms with Crippen LogP contribution in [0.25, 0.3) is 43.8 Å². The smallest absolute Gasteiger partial charge is 0.198 e. The maximum absolute atomic E-state index is 6.59. The van der Waals surface area contributed by atoms with Crippen LogP contribution in [-0.4, -0.2) is 7.05 Å². The Morgan fingerprint density at radius 1 is 0.469 bits per heavy atom. The van der Waals surface area contributed by atoms with Gasteiger partial charge in [0, 0.05) is 35.1 Å². The number of hydrogen-bond donors (Lipinski definition) is 0. The number of fused-ring (bicyclic) bond motifs is 5. The van der Waals surface area contributed by atoms with Crippen LogP contribution in [0.1, 0.15) is 11.8 Å². The molecule has 0 bridgehead atoms. The first-order valence-electron chi connectivity index (χ1n) is 16.8. The molecule has 8 aromatic rings. The lowest BCUT2D eigenvalue weighted by Crippen LogP contribution is -2.22. The Bertz CT molecular complexity index is 2320. The molecule has 1 atom stereocenters. The van der Waals surface area contributed by atoms with Gasteiger partial charge < -0.3 is 14.5 Å². The van der Waals surface area contributed by atoms with E-state index in [1.54, 1.807) is 0 Å². The predicted octanol–water partition coefficient (Wildman–Crippen LogP) is 12.3. The van der Waals surface area contributed by atoms with E-state index in [0.29, 0.717) is 0 Å². The third-order valence-corrected chi connectivity index (χ3v) is 9.67. The first kappa shape index (κ1) is 28.9. The average Bonchev–Trinajstić information content (AvgIpc) is 3.52. The van der Waals surface area contributed by atoms with E-state index in [9.17, 15) is 0 Å². The van der Waals surface area contributed by atoms with E-state index < -0.39 is 0 Å². The van der Waals surface area contributed by atoms with Crippen LogP contribution in [-0.2, 0) is 0 Å². The normalized spacial score (nSPS) is 13.7. The van der Waals surface area contributed by atoms with E-state index >= 15 is 0 Å². The van der Waals surface area contributed by atoms with Crippen LogP contribution in [0.2, 0.25) is 0 Å². The lowest BCUT2D eigenvalue weighted by Gasteiger charge is -2.27. The van der Waals surface area contributed by atoms with Crippen LogP contribution in [0.4, 0.5) is 22.7 Å². The van der Waals surface area contributed by atoms with Crippen molar-refractivity contribution in [3.05, 3.63) is 188 Å². The molecule has 0 saturated heterocycles. The van der Waals surface area contributed by atoms with Gasteiger partial charge in [-0.05, 0) is 80.9 Å². The minimum Gasteiger partial charge on any atom is -0.464 e. The molecule has 8 aromatic carbocycles. The number of benzene rings is 8. The van der Waals surface area contributed by atoms with Gasteiger partial charge in [-0.1, -0.05) is 140 Å². The maximum Gasteiger partial charge on any atom is 0.198 e. The van der Waals surface area contributed by atoms with Crippen molar-refractivity contribution in [1.29, 1.82) is 0 Å². The van der Waals surface area contributed by atoms with Gasteiger partial charge in [0.15, 0.2) is 6.23 Å². The van der Waals surface area contributed by atoms with Gasteiger partial charge >= 0.3 is 0 Å². The summed E-state index contributed by atoms with van der Waals surface area (Å²) in [5.41, 5.74) is 10.4. The zero-order valence-corrected chi connectivity index (χ0v) is 27.2. The Balaban J connectivity index is 1.19. The SMILES string of the molecule is CN1c2c(ccc3ccc4ccc(N(c5ccc(-c6ccccc6)cc5)c5ccc(-c6ccccc6)cc5)cc4c23)OC1c1ccccc1. The minimum absolute atomic E-state index is 0.178. The van der Waals surface area contributed by atoms with Gasteiger partial charge in [-0.3, -0.25) is 0 Å². The van der Waals surface area contributed by atoms with Crippen molar-refractivity contribution in [3.63, 3.8) is 0 Å². The van der Waals surface area contributed by atoms with E-state index in [1.807, 2.05) is 6.07 Å². The van der Waals surface area contributed by atoms with Crippen LogP contribution in [0.5, 0.6) is 5.75 Å². The molecule has 234 valence electrons. The molecule has 0 spiro atoms. The lowest BCUT2D eigenvalue weighted by atomic mass is 9.98. The molecular weight excluding hydrogens is 597 g/mol. The average molecular weight is 631 g/mol. The molecule has 0 saturated carbocycles. The zero-order valence-electron chi connectivity index (χ0n) is 27.2. The third-order valence-electron chi connectivity index (χ3n) is 9.67. The summed E-state index contributed by atoms with van der Waals surface area (Å²) in [6, 6.07) is 64.9. The fraction of sp³-hybridized carbons (Fsp3) is 0.0435. The summed E-state index contributed by atoms with van der Waals surface area (Å²) in [7, 11) is 2.14. The summed E-state index contributed by atoms with van der Waals surface area (Å²) in [5, 5.41) is 4.79. The number of nitrogens with zero attached hydrogens (tertiary/aromatic N) is 2. The second-order valence-corrected chi connectivity index (χ2v) is 12.6. The molecule has 3 nitrogen and oxygen atoms in total. The van der Waals surface area contributed by atoms with Crippen molar-refractivity contribution in [2.45, 2.75) is 6.23 Å². The molecule has 1 aliphatic rings. The molecule has 3 heteroatoms. The molecular formula is C46H34N2O. The van der Waals surface area contributed by atoms with Crippen molar-refractivity contribution in [3.8, 4) is 28.0 Å². The van der Waals surface area contributed by atoms with Crippen LogP contribution >= 0.6 is 0 Å². The van der Waals surface area contributed by atoms with Crippen molar-refractivity contribution >= 4 is 44.3 Å². The van der Waals surface area contributed by atoms with Gasteiger partial charge in [-0.25, -0.2) is 0 Å². The number of ether oxygens (including phenoxy) is 1. The van der Waals surface area contributed by atoms with Gasteiger partial charge in [0.25, 0.3) is 0 Å². The minimum atomic E-state index is -0.178. The molecule has 1 heterocycles. The molecule has 0 amide bonds. The topological polar surface area (TPSA) is 15.7 Å². The summed E-state index contributed by atoms with van der Waals surface area (Å²) in [6.45, 7) is 0. The zero-order chi connectivity index (χ0) is 32.7. The Morgan fingerprint density at radius 3 is 1.53 bits per heavy atom. The summed E-state index contributed by atoms with van der Waals surface area (Å²) in [4.78, 5) is 4.64. The quantitative estimate of drug-likeness (QED) is 0.170. The van der Waals surface area contributed by atoms with Crippen LogP contribution in [0.15, 0.2) is 182 Å². The second kappa shape index (κ2) is 12.0. The number of rotatable bonds is 6. The lowest BCUT2D eigenvalue weighted by molar-refractivity contribution is 0.235. The van der Waals surface area contributed by atoms with E-state index in [4.69, 9.17) is 4.74 Å². The van der Waals surface area contributed by atoms with E-state index in [0.717, 1.165) is 34.1 Å². The first-order valence-corrected chi connectivity index (χ1v) is 16.8. The van der Waals surface area contributed by atoms with Crippen molar-refractivity contribution in [2.24, 2.45) is 0 Å². The van der Waals surface area contributed by atoms with E-state index in [2.05, 4.69) is 193 Å². The Hall–Kier alpha value is -6.32. The highest BCUT2D eigenvalue weighted by Crippen LogP contribution is 2.49. The summed E-state index contributed by atoms with van der Waals surface area (Å²) < 4.78 is 6.59. The van der Waals surface area contributed by atoms with Crippen LogP contribution < -0.4 is 14.5 Å². The summed E-state index contributed by atoms with van der Waals surface area (Å²) in [5.74, 6) is 0.909. The monoisotopic (exact) mass is 630 g/mol. The Kier molecular flexibility index (Phi) is 7.09. The van der Waals surface area contributed by atoms with E-state index in [-0.39, 0.29) is 6.23 Å². The van der Waals surface area contributed by atoms with Gasteiger partial charge in [0.2, 0.25) is 0 Å². The number of hydrogen-bond acceptors (Lipinski definition) is 3. The predicted molar refractivity (Wildman–Crippen MR) is 205 cm³/mol. The molecule has 0 fully saturated rings. The standard InChI is InChI=1S/C46H34N2O/c1-47-45-43(49-46(47)38-15-9-4-10-16-38)30-24-37-18-17-36-23-29-41(31-42(36)44(37)45)48(39-25-19-34(20-26-39)32-11-5-2-6-12-32)40-27-21-35(22-28-40)33-13-7-3-8-14-33/h2-31,46H,1H3. The third kappa shape index (κ3) is 5.17. The van der Waals surface area contributed by atoms with Gasteiger partial charge in [0.1, 0.15) is 5.75 Å². The first-order chi connectivity index (χ1) is 24.2. The van der Waals surface area contributed by atoms with Gasteiger partial charge in [0.05, 0.1) is 5.69 Å². The molecule has 0 N–H and O–H groups in total. The Labute approximate surface area is 286 Å². The fourth-order valence-corrected chi connectivity index (χ4v) is 7.22. The highest BCUT2D eigenvalue weighted by Gasteiger charge is 2.31. The Morgan fingerprint density at radius 2 is 0.939 bits per heavy atom. The van der Waals surface area contributed by atoms with Crippen molar-refractivity contribution < 1.29 is 4.74 Å². The molecule has 1 aliphatic heterocycles. The highest BCUT2D eigenvalue weighted by molar-refractivity contribution is 6.16. The summed E-state index contributed by atoms with van der Waals surface area (Å²) >= 11 is 0. The molecule has 0 aliphatic carbocycles. The maximum atomic E-state index is 6.59. The molecule has 1 unspecified atom stereocenters. The largest absolute Gasteiger partial charge is 0.464 e. The fourth-order valence-electron chi connectivity index (χ4n) is 7.22. The second-order valence-electron chi connectivity index (χ2n) is 12.6. The van der Waals surface area contributed by atoms with Crippen molar-refractivity contribution in [1.82, 2.24) is 0 Å². The molecule has 0 radical (unpaired) electrons. The molecule has 9 rings (SSSR count). The summed E-state index contributed by atoms with van der Waals surface area (Å²) in [6.07, 6.45) is -0.178. The van der Waals surface area contributed by atoms with Crippen molar-refractivity contribution in [2.75, 3.05) is 16.8 Å². The van der Waals surface area contributed by atoms with E-state index in [1.165, 1.54) is 43.8 Å². The molecule has 49 heavy (non-hydrogen) atoms. The van der Waals surface area contributed by atoms with Crippen LogP contribution in [0, 0.1) is 0 Å². The van der Waals surface area contributed by atoms with Crippen LogP contribution in [0.3, 0.4) is 0 Å².